The third-order valence-corrected chi connectivity index (χ3v) is 4.79. The monoisotopic (exact) mass is 393 g/mol. The van der Waals surface area contributed by atoms with Crippen molar-refractivity contribution in [1.29, 1.82) is 0 Å². The summed E-state index contributed by atoms with van der Waals surface area (Å²) in [6, 6.07) is 5.14. The van der Waals surface area contributed by atoms with Crippen LogP contribution in [0, 0.1) is 0 Å². The summed E-state index contributed by atoms with van der Waals surface area (Å²) in [5.74, 6) is -0.946. The van der Waals surface area contributed by atoms with E-state index >= 15 is 0 Å². The number of anilines is 1. The van der Waals surface area contributed by atoms with Crippen LogP contribution in [-0.4, -0.2) is 54.9 Å². The van der Waals surface area contributed by atoms with Crippen molar-refractivity contribution in [3.8, 4) is 0 Å². The molecule has 3 amide bonds. The molecular formula is C18H23N3O5S. The van der Waals surface area contributed by atoms with Gasteiger partial charge in [-0.05, 0) is 37.0 Å². The second kappa shape index (κ2) is 9.96. The van der Waals surface area contributed by atoms with Crippen molar-refractivity contribution in [3.63, 3.8) is 0 Å². The van der Waals surface area contributed by atoms with E-state index in [1.54, 1.807) is 36.0 Å². The molecule has 0 aliphatic carbocycles. The highest BCUT2D eigenvalue weighted by molar-refractivity contribution is 7.98. The van der Waals surface area contributed by atoms with Gasteiger partial charge in [0.25, 0.3) is 5.91 Å². The summed E-state index contributed by atoms with van der Waals surface area (Å²) >= 11 is 1.56. The highest BCUT2D eigenvalue weighted by atomic mass is 32.2. The smallest absolute Gasteiger partial charge is 0.328 e. The molecule has 0 saturated heterocycles. The number of fused-ring (bicyclic) bond motifs is 1. The van der Waals surface area contributed by atoms with Gasteiger partial charge in [-0.3, -0.25) is 14.4 Å². The molecule has 3 N–H and O–H groups in total. The van der Waals surface area contributed by atoms with E-state index in [-0.39, 0.29) is 30.6 Å². The van der Waals surface area contributed by atoms with E-state index in [0.29, 0.717) is 23.4 Å². The number of nitrogens with one attached hydrogen (secondary N) is 3. The van der Waals surface area contributed by atoms with Crippen LogP contribution in [0.4, 0.5) is 5.69 Å². The molecule has 2 atom stereocenters. The summed E-state index contributed by atoms with van der Waals surface area (Å²) in [5, 5.41) is 7.96. The number of hydrogen-bond acceptors (Lipinski definition) is 6. The number of hydrogen-bond donors (Lipinski definition) is 3. The molecule has 1 heterocycles. The first kappa shape index (κ1) is 20.8. The molecule has 0 saturated carbocycles. The van der Waals surface area contributed by atoms with Gasteiger partial charge in [-0.1, -0.05) is 12.1 Å². The first-order valence-corrected chi connectivity index (χ1v) is 9.92. The summed E-state index contributed by atoms with van der Waals surface area (Å²) in [6.07, 6.45) is 2.46. The summed E-state index contributed by atoms with van der Waals surface area (Å²) in [7, 11) is 1.27. The van der Waals surface area contributed by atoms with Crippen LogP contribution in [0.15, 0.2) is 24.3 Å². The molecule has 1 aliphatic rings. The third-order valence-electron chi connectivity index (χ3n) is 4.14. The van der Waals surface area contributed by atoms with Gasteiger partial charge in [0.2, 0.25) is 11.8 Å². The van der Waals surface area contributed by atoms with Crippen LogP contribution < -0.4 is 16.0 Å². The minimum Gasteiger partial charge on any atom is -0.467 e. The van der Waals surface area contributed by atoms with Gasteiger partial charge in [0, 0.05) is 6.42 Å². The molecule has 27 heavy (non-hydrogen) atoms. The maximum absolute atomic E-state index is 12.3. The van der Waals surface area contributed by atoms with E-state index < -0.39 is 18.1 Å². The maximum atomic E-state index is 12.3. The highest BCUT2D eigenvalue weighted by Crippen LogP contribution is 2.19. The van der Waals surface area contributed by atoms with E-state index in [2.05, 4.69) is 16.0 Å². The summed E-state index contributed by atoms with van der Waals surface area (Å²) in [5.41, 5.74) is 0.815. The molecule has 1 aromatic carbocycles. The van der Waals surface area contributed by atoms with Crippen LogP contribution in [-0.2, 0) is 19.1 Å². The van der Waals surface area contributed by atoms with Crippen molar-refractivity contribution >= 4 is 41.1 Å². The van der Waals surface area contributed by atoms with Crippen LogP contribution in [0.2, 0.25) is 0 Å². The minimum absolute atomic E-state index is 0.0124. The number of para-hydroxylation sites is 1. The van der Waals surface area contributed by atoms with Crippen LogP contribution in [0.25, 0.3) is 0 Å². The Morgan fingerprint density at radius 3 is 2.74 bits per heavy atom. The Kier molecular flexibility index (Phi) is 7.66. The molecule has 2 unspecified atom stereocenters. The summed E-state index contributed by atoms with van der Waals surface area (Å²) < 4.78 is 4.70. The lowest BCUT2D eigenvalue weighted by atomic mass is 10.1. The van der Waals surface area contributed by atoms with E-state index in [1.165, 1.54) is 7.11 Å². The fourth-order valence-corrected chi connectivity index (χ4v) is 3.16. The average Bonchev–Trinajstić information content (AvgIpc) is 2.79. The Bertz CT molecular complexity index is 725. The Labute approximate surface area is 161 Å². The van der Waals surface area contributed by atoms with Gasteiger partial charge in [0.15, 0.2) is 0 Å². The lowest BCUT2D eigenvalue weighted by Gasteiger charge is -2.18. The van der Waals surface area contributed by atoms with Crippen LogP contribution in [0.1, 0.15) is 29.6 Å². The molecule has 146 valence electrons. The number of thioether (sulfide) groups is 1. The number of carbonyl (C=O) groups is 4. The number of amides is 3. The Morgan fingerprint density at radius 1 is 1.30 bits per heavy atom. The molecule has 0 spiro atoms. The first-order valence-electron chi connectivity index (χ1n) is 8.53. The maximum Gasteiger partial charge on any atom is 0.328 e. The van der Waals surface area contributed by atoms with Crippen LogP contribution in [0.3, 0.4) is 0 Å². The molecule has 0 radical (unpaired) electrons. The molecule has 2 rings (SSSR count). The van der Waals surface area contributed by atoms with Gasteiger partial charge in [-0.25, -0.2) is 4.79 Å². The lowest BCUT2D eigenvalue weighted by molar-refractivity contribution is -0.145. The molecule has 9 heteroatoms. The minimum atomic E-state index is -0.835. The van der Waals surface area contributed by atoms with Crippen molar-refractivity contribution in [2.24, 2.45) is 0 Å². The largest absolute Gasteiger partial charge is 0.467 e. The second-order valence-corrected chi connectivity index (χ2v) is 7.01. The fourth-order valence-electron chi connectivity index (χ4n) is 2.68. The first-order chi connectivity index (χ1) is 13.0. The molecule has 0 fully saturated rings. The van der Waals surface area contributed by atoms with Gasteiger partial charge in [0.1, 0.15) is 12.1 Å². The molecule has 1 aliphatic heterocycles. The van der Waals surface area contributed by atoms with Gasteiger partial charge in [-0.15, -0.1) is 0 Å². The topological polar surface area (TPSA) is 114 Å². The molecule has 0 bridgehead atoms. The summed E-state index contributed by atoms with van der Waals surface area (Å²) in [6.45, 7) is 0. The van der Waals surface area contributed by atoms with Crippen molar-refractivity contribution in [2.75, 3.05) is 24.4 Å². The number of carbonyl (C=O) groups excluding carboxylic acids is 4. The zero-order valence-electron chi connectivity index (χ0n) is 15.2. The predicted octanol–water partition coefficient (Wildman–Crippen LogP) is 0.928. The highest BCUT2D eigenvalue weighted by Gasteiger charge is 2.28. The number of rotatable bonds is 8. The standard InChI is InChI=1S/C18H23N3O5S/c1-26-18(25)14(9-10-27-2)19-15(22)8-7-13-17(24)20-12-6-4-3-5-11(12)16(23)21-13/h3-6,13-14H,7-10H2,1-2H3,(H,19,22)(H,20,24)(H,21,23). The van der Waals surface area contributed by atoms with Crippen molar-refractivity contribution in [1.82, 2.24) is 10.6 Å². The zero-order chi connectivity index (χ0) is 19.8. The van der Waals surface area contributed by atoms with E-state index in [4.69, 9.17) is 4.74 Å². The molecule has 0 aromatic heterocycles. The second-order valence-electron chi connectivity index (χ2n) is 6.02. The number of esters is 1. The average molecular weight is 393 g/mol. The lowest BCUT2D eigenvalue weighted by Crippen LogP contribution is -2.44. The number of methoxy groups -OCH3 is 1. The van der Waals surface area contributed by atoms with Gasteiger partial charge < -0.3 is 20.7 Å². The predicted molar refractivity (Wildman–Crippen MR) is 103 cm³/mol. The van der Waals surface area contributed by atoms with Crippen molar-refractivity contribution < 1.29 is 23.9 Å². The van der Waals surface area contributed by atoms with E-state index in [0.717, 1.165) is 0 Å². The van der Waals surface area contributed by atoms with Gasteiger partial charge in [-0.2, -0.15) is 11.8 Å². The quantitative estimate of drug-likeness (QED) is 0.566. The van der Waals surface area contributed by atoms with Crippen LogP contribution in [0.5, 0.6) is 0 Å². The molecule has 8 nitrogen and oxygen atoms in total. The van der Waals surface area contributed by atoms with Crippen molar-refractivity contribution in [3.05, 3.63) is 29.8 Å². The Hall–Kier alpha value is -2.55. The normalized spacial score (nSPS) is 17.0. The SMILES string of the molecule is COC(=O)C(CCSC)NC(=O)CCC1NC(=O)c2ccccc2NC1=O. The van der Waals surface area contributed by atoms with E-state index in [9.17, 15) is 19.2 Å². The van der Waals surface area contributed by atoms with Gasteiger partial charge >= 0.3 is 5.97 Å². The Morgan fingerprint density at radius 2 is 2.04 bits per heavy atom. The van der Waals surface area contributed by atoms with Crippen LogP contribution >= 0.6 is 11.8 Å². The Balaban J connectivity index is 1.93. The zero-order valence-corrected chi connectivity index (χ0v) is 16.1. The number of benzene rings is 1. The summed E-state index contributed by atoms with van der Waals surface area (Å²) in [4.78, 5) is 48.5. The molecular weight excluding hydrogens is 370 g/mol. The van der Waals surface area contributed by atoms with Gasteiger partial charge in [0.05, 0.1) is 18.4 Å². The van der Waals surface area contributed by atoms with Crippen molar-refractivity contribution in [2.45, 2.75) is 31.3 Å². The third kappa shape index (κ3) is 5.72. The fraction of sp³-hybridized carbons (Fsp3) is 0.444. The molecule has 1 aromatic rings. The van der Waals surface area contributed by atoms with E-state index in [1.807, 2.05) is 6.26 Å². The number of ether oxygens (including phenoxy) is 1.